The molecule has 0 bridgehead atoms. The van der Waals surface area contributed by atoms with Crippen LogP contribution in [0.4, 0.5) is 0 Å². The van der Waals surface area contributed by atoms with Crippen LogP contribution in [-0.2, 0) is 0 Å². The van der Waals surface area contributed by atoms with E-state index in [0.29, 0.717) is 0 Å². The molecule has 0 radical (unpaired) electrons. The van der Waals surface area contributed by atoms with Crippen molar-refractivity contribution in [3.05, 3.63) is 0 Å². The topological polar surface area (TPSA) is 56.4 Å². The van der Waals surface area contributed by atoms with Crippen molar-refractivity contribution in [1.29, 1.82) is 5.41 Å². The third kappa shape index (κ3) is 2.62. The van der Waals surface area contributed by atoms with Crippen molar-refractivity contribution in [1.82, 2.24) is 9.80 Å². The van der Waals surface area contributed by atoms with E-state index < -0.39 is 0 Å². The summed E-state index contributed by atoms with van der Waals surface area (Å²) in [5.41, 5.74) is 5.49. The van der Waals surface area contributed by atoms with Crippen LogP contribution in [-0.4, -0.2) is 48.0 Å². The number of piperidine rings is 2. The van der Waals surface area contributed by atoms with Crippen LogP contribution in [0.1, 0.15) is 32.1 Å². The normalized spacial score (nSPS) is 25.5. The van der Waals surface area contributed by atoms with Crippen LogP contribution in [0.25, 0.3) is 0 Å². The van der Waals surface area contributed by atoms with Crippen molar-refractivity contribution in [2.75, 3.05) is 26.2 Å². The second kappa shape index (κ2) is 4.84. The van der Waals surface area contributed by atoms with Gasteiger partial charge in [-0.2, -0.15) is 0 Å². The van der Waals surface area contributed by atoms with Crippen LogP contribution >= 0.6 is 0 Å². The average Bonchev–Trinajstić information content (AvgIpc) is 2.30. The molecule has 3 N–H and O–H groups in total. The van der Waals surface area contributed by atoms with Gasteiger partial charge in [0.15, 0.2) is 5.96 Å². The van der Waals surface area contributed by atoms with E-state index >= 15 is 0 Å². The van der Waals surface area contributed by atoms with E-state index in [1.807, 2.05) is 4.90 Å². The Morgan fingerprint density at radius 3 is 2.13 bits per heavy atom. The fourth-order valence-electron chi connectivity index (χ4n) is 2.76. The fraction of sp³-hybridized carbons (Fsp3) is 0.909. The highest BCUT2D eigenvalue weighted by atomic mass is 15.3. The Morgan fingerprint density at radius 2 is 1.60 bits per heavy atom. The molecule has 0 amide bonds. The minimum Gasteiger partial charge on any atom is -0.370 e. The lowest BCUT2D eigenvalue weighted by Gasteiger charge is -2.40. The predicted molar refractivity (Wildman–Crippen MR) is 61.9 cm³/mol. The van der Waals surface area contributed by atoms with E-state index in [4.69, 9.17) is 11.1 Å². The summed E-state index contributed by atoms with van der Waals surface area (Å²) in [6.07, 6.45) is 6.50. The minimum atomic E-state index is 0.243. The molecule has 2 aliphatic rings. The largest absolute Gasteiger partial charge is 0.370 e. The number of guanidine groups is 1. The van der Waals surface area contributed by atoms with Gasteiger partial charge < -0.3 is 15.5 Å². The SMILES string of the molecule is N=C(N)N1CCC(N2CCCCC2)CC1. The molecule has 0 saturated carbocycles. The zero-order valence-corrected chi connectivity index (χ0v) is 9.41. The Morgan fingerprint density at radius 1 is 1.00 bits per heavy atom. The van der Waals surface area contributed by atoms with Crippen molar-refractivity contribution < 1.29 is 0 Å². The van der Waals surface area contributed by atoms with Crippen molar-refractivity contribution in [3.63, 3.8) is 0 Å². The Labute approximate surface area is 91.9 Å². The molecule has 4 nitrogen and oxygen atoms in total. The van der Waals surface area contributed by atoms with Gasteiger partial charge in [-0.05, 0) is 38.8 Å². The lowest BCUT2D eigenvalue weighted by molar-refractivity contribution is 0.114. The van der Waals surface area contributed by atoms with Crippen molar-refractivity contribution >= 4 is 5.96 Å². The summed E-state index contributed by atoms with van der Waals surface area (Å²) in [7, 11) is 0. The van der Waals surface area contributed by atoms with Gasteiger partial charge in [0.2, 0.25) is 0 Å². The van der Waals surface area contributed by atoms with E-state index in [1.165, 1.54) is 45.2 Å². The van der Waals surface area contributed by atoms with Crippen LogP contribution < -0.4 is 5.73 Å². The van der Waals surface area contributed by atoms with Crippen LogP contribution in [0.5, 0.6) is 0 Å². The summed E-state index contributed by atoms with van der Waals surface area (Å²) in [5, 5.41) is 7.39. The molecule has 86 valence electrons. The highest BCUT2D eigenvalue weighted by Gasteiger charge is 2.25. The molecule has 2 fully saturated rings. The maximum absolute atomic E-state index is 7.39. The molecule has 0 aliphatic carbocycles. The van der Waals surface area contributed by atoms with Crippen molar-refractivity contribution in [2.24, 2.45) is 5.73 Å². The van der Waals surface area contributed by atoms with Crippen molar-refractivity contribution in [3.8, 4) is 0 Å². The van der Waals surface area contributed by atoms with Crippen LogP contribution in [0.3, 0.4) is 0 Å². The molecule has 0 aromatic heterocycles. The van der Waals surface area contributed by atoms with Crippen LogP contribution in [0, 0.1) is 5.41 Å². The standard InChI is InChI=1S/C11H22N4/c12-11(13)15-8-4-10(5-9-15)14-6-2-1-3-7-14/h10H,1-9H2,(H3,12,13). The van der Waals surface area contributed by atoms with Crippen LogP contribution in [0.2, 0.25) is 0 Å². The zero-order chi connectivity index (χ0) is 10.7. The molecule has 0 spiro atoms. The first-order valence-electron chi connectivity index (χ1n) is 6.10. The zero-order valence-electron chi connectivity index (χ0n) is 9.41. The van der Waals surface area contributed by atoms with E-state index in [0.717, 1.165) is 19.1 Å². The van der Waals surface area contributed by atoms with Crippen LogP contribution in [0.15, 0.2) is 0 Å². The predicted octanol–water partition coefficient (Wildman–Crippen LogP) is 0.830. The summed E-state index contributed by atoms with van der Waals surface area (Å²) in [6.45, 7) is 4.50. The summed E-state index contributed by atoms with van der Waals surface area (Å²) >= 11 is 0. The smallest absolute Gasteiger partial charge is 0.188 e. The number of likely N-dealkylation sites (tertiary alicyclic amines) is 2. The van der Waals surface area contributed by atoms with Gasteiger partial charge in [-0.25, -0.2) is 0 Å². The first kappa shape index (κ1) is 10.7. The molecule has 0 aromatic carbocycles. The van der Waals surface area contributed by atoms with Gasteiger partial charge in [0.1, 0.15) is 0 Å². The van der Waals surface area contributed by atoms with Gasteiger partial charge in [-0.1, -0.05) is 6.42 Å². The van der Waals surface area contributed by atoms with E-state index in [1.54, 1.807) is 0 Å². The molecular formula is C11H22N4. The molecule has 2 heterocycles. The molecule has 4 heteroatoms. The Kier molecular flexibility index (Phi) is 3.46. The maximum atomic E-state index is 7.39. The first-order chi connectivity index (χ1) is 7.27. The molecule has 15 heavy (non-hydrogen) atoms. The molecule has 2 aliphatic heterocycles. The average molecular weight is 210 g/mol. The van der Waals surface area contributed by atoms with Gasteiger partial charge >= 0.3 is 0 Å². The third-order valence-corrected chi connectivity index (χ3v) is 3.71. The number of rotatable bonds is 1. The summed E-state index contributed by atoms with van der Waals surface area (Å²) in [4.78, 5) is 4.63. The molecular weight excluding hydrogens is 188 g/mol. The molecule has 0 atom stereocenters. The molecule has 2 saturated heterocycles. The Balaban J connectivity index is 1.79. The summed E-state index contributed by atoms with van der Waals surface area (Å²) < 4.78 is 0. The lowest BCUT2D eigenvalue weighted by Crippen LogP contribution is -2.49. The van der Waals surface area contributed by atoms with Gasteiger partial charge in [-0.3, -0.25) is 5.41 Å². The number of nitrogens with two attached hydrogens (primary N) is 1. The van der Waals surface area contributed by atoms with E-state index in [2.05, 4.69) is 4.90 Å². The molecule has 0 aromatic rings. The second-order valence-corrected chi connectivity index (χ2v) is 4.70. The fourth-order valence-corrected chi connectivity index (χ4v) is 2.76. The lowest BCUT2D eigenvalue weighted by atomic mass is 10.0. The van der Waals surface area contributed by atoms with E-state index in [-0.39, 0.29) is 5.96 Å². The van der Waals surface area contributed by atoms with Gasteiger partial charge in [0.05, 0.1) is 0 Å². The number of hydrogen-bond acceptors (Lipinski definition) is 2. The van der Waals surface area contributed by atoms with Gasteiger partial charge in [0.25, 0.3) is 0 Å². The highest BCUT2D eigenvalue weighted by Crippen LogP contribution is 2.20. The monoisotopic (exact) mass is 210 g/mol. The van der Waals surface area contributed by atoms with Gasteiger partial charge in [0, 0.05) is 19.1 Å². The number of nitrogens with one attached hydrogen (secondary N) is 1. The molecule has 2 rings (SSSR count). The third-order valence-electron chi connectivity index (χ3n) is 3.71. The first-order valence-corrected chi connectivity index (χ1v) is 6.10. The number of nitrogens with zero attached hydrogens (tertiary/aromatic N) is 2. The van der Waals surface area contributed by atoms with E-state index in [9.17, 15) is 0 Å². The maximum Gasteiger partial charge on any atom is 0.188 e. The second-order valence-electron chi connectivity index (χ2n) is 4.70. The van der Waals surface area contributed by atoms with Crippen molar-refractivity contribution in [2.45, 2.75) is 38.1 Å². The summed E-state index contributed by atoms with van der Waals surface area (Å²) in [6, 6.07) is 0.751. The highest BCUT2D eigenvalue weighted by molar-refractivity contribution is 5.74. The molecule has 0 unspecified atom stereocenters. The summed E-state index contributed by atoms with van der Waals surface area (Å²) in [5.74, 6) is 0.243. The Hall–Kier alpha value is -0.770. The van der Waals surface area contributed by atoms with Gasteiger partial charge in [-0.15, -0.1) is 0 Å². The quantitative estimate of drug-likeness (QED) is 0.498. The minimum absolute atomic E-state index is 0.243. The Bertz CT molecular complexity index is 215. The number of hydrogen-bond donors (Lipinski definition) is 2.